The number of unbranched alkanes of at least 4 members (excludes halogenated alkanes) is 2. The van der Waals surface area contributed by atoms with Gasteiger partial charge in [0, 0.05) is 30.6 Å². The number of hydrogen-bond donors (Lipinski definition) is 1. The lowest BCUT2D eigenvalue weighted by atomic mass is 9.71. The third kappa shape index (κ3) is 4.96. The number of hydrogen-bond acceptors (Lipinski definition) is 6. The van der Waals surface area contributed by atoms with Crippen molar-refractivity contribution in [3.63, 3.8) is 0 Å². The van der Waals surface area contributed by atoms with Gasteiger partial charge in [0.15, 0.2) is 0 Å². The minimum Gasteiger partial charge on any atom is -0.465 e. The van der Waals surface area contributed by atoms with Gasteiger partial charge in [-0.3, -0.25) is 14.4 Å². The Morgan fingerprint density at radius 2 is 1.93 bits per heavy atom. The van der Waals surface area contributed by atoms with Gasteiger partial charge in [0.1, 0.15) is 6.04 Å². The summed E-state index contributed by atoms with van der Waals surface area (Å²) in [5, 5.41) is 11.5. The Kier molecular flexibility index (Phi) is 8.66. The molecule has 3 fully saturated rings. The topological polar surface area (TPSA) is 87.2 Å². The first-order valence-corrected chi connectivity index (χ1v) is 15.1. The van der Waals surface area contributed by atoms with Gasteiger partial charge >= 0.3 is 5.97 Å². The zero-order valence-electron chi connectivity index (χ0n) is 22.9. The highest BCUT2D eigenvalue weighted by Gasteiger charge is 2.74. The van der Waals surface area contributed by atoms with E-state index in [0.717, 1.165) is 29.3 Å². The predicted molar refractivity (Wildman–Crippen MR) is 159 cm³/mol. The Morgan fingerprint density at radius 3 is 2.67 bits per heavy atom. The number of amides is 2. The van der Waals surface area contributed by atoms with E-state index >= 15 is 0 Å². The van der Waals surface area contributed by atoms with Gasteiger partial charge in [0.2, 0.25) is 5.91 Å². The summed E-state index contributed by atoms with van der Waals surface area (Å²) in [6.45, 7) is 8.60. The van der Waals surface area contributed by atoms with Crippen LogP contribution >= 0.6 is 11.8 Å². The number of carbonyl (C=O) groups excluding carboxylic acids is 3. The highest BCUT2D eigenvalue weighted by molar-refractivity contribution is 8.02. The number of allylic oxidation sites excluding steroid dienone is 1. The normalized spacial score (nSPS) is 26.6. The second kappa shape index (κ2) is 12.2. The zero-order valence-corrected chi connectivity index (χ0v) is 23.7. The maximum absolute atomic E-state index is 14.6. The fourth-order valence-corrected chi connectivity index (χ4v) is 8.98. The SMILES string of the molecule is C=CCCCOC(=O)[C@@H]1[C@@H]2CCC3(S2)C(C(=O)N(CC=C)c2ccc4ccccc4c2)N(CCCCO)C(=O)[C@H]13. The second-order valence-corrected chi connectivity index (χ2v) is 12.5. The van der Waals surface area contributed by atoms with Crippen LogP contribution in [0.5, 0.6) is 0 Å². The fraction of sp³-hybridized carbons (Fsp3) is 0.469. The highest BCUT2D eigenvalue weighted by Crippen LogP contribution is 2.66. The fourth-order valence-electron chi connectivity index (χ4n) is 6.78. The van der Waals surface area contributed by atoms with Crippen LogP contribution in [0.1, 0.15) is 38.5 Å². The van der Waals surface area contributed by atoms with Crippen LogP contribution in [-0.4, -0.2) is 70.1 Å². The van der Waals surface area contributed by atoms with Gasteiger partial charge in [0.25, 0.3) is 5.91 Å². The van der Waals surface area contributed by atoms with Gasteiger partial charge in [-0.2, -0.15) is 0 Å². The lowest BCUT2D eigenvalue weighted by molar-refractivity contribution is -0.154. The molecule has 212 valence electrons. The van der Waals surface area contributed by atoms with Crippen molar-refractivity contribution < 1.29 is 24.2 Å². The first kappa shape index (κ1) is 28.4. The van der Waals surface area contributed by atoms with Crippen LogP contribution in [0.25, 0.3) is 10.8 Å². The third-order valence-corrected chi connectivity index (χ3v) is 10.5. The minimum absolute atomic E-state index is 0.0192. The van der Waals surface area contributed by atoms with Crippen molar-refractivity contribution in [1.82, 2.24) is 4.90 Å². The van der Waals surface area contributed by atoms with E-state index in [4.69, 9.17) is 4.74 Å². The first-order chi connectivity index (χ1) is 19.5. The number of benzene rings is 2. The van der Waals surface area contributed by atoms with Gasteiger partial charge in [-0.15, -0.1) is 24.9 Å². The van der Waals surface area contributed by atoms with E-state index in [2.05, 4.69) is 13.2 Å². The molecule has 0 radical (unpaired) electrons. The van der Waals surface area contributed by atoms with Crippen molar-refractivity contribution in [2.45, 2.75) is 54.6 Å². The Labute approximate surface area is 240 Å². The number of anilines is 1. The summed E-state index contributed by atoms with van der Waals surface area (Å²) in [7, 11) is 0. The minimum atomic E-state index is -0.705. The van der Waals surface area contributed by atoms with Crippen molar-refractivity contribution in [3.05, 3.63) is 67.8 Å². The average molecular weight is 563 g/mol. The van der Waals surface area contributed by atoms with Crippen molar-refractivity contribution in [3.8, 4) is 0 Å². The number of carbonyl (C=O) groups is 3. The van der Waals surface area contributed by atoms with Crippen LogP contribution in [0.15, 0.2) is 67.8 Å². The Hall–Kier alpha value is -3.10. The van der Waals surface area contributed by atoms with E-state index in [-0.39, 0.29) is 29.6 Å². The van der Waals surface area contributed by atoms with Gasteiger partial charge in [-0.05, 0) is 61.4 Å². The van der Waals surface area contributed by atoms with E-state index in [1.54, 1.807) is 33.7 Å². The van der Waals surface area contributed by atoms with E-state index in [1.165, 1.54) is 0 Å². The summed E-state index contributed by atoms with van der Waals surface area (Å²) < 4.78 is 4.97. The molecule has 7 nitrogen and oxygen atoms in total. The van der Waals surface area contributed by atoms with E-state index < -0.39 is 22.6 Å². The number of esters is 1. The largest absolute Gasteiger partial charge is 0.465 e. The first-order valence-electron chi connectivity index (χ1n) is 14.2. The van der Waals surface area contributed by atoms with E-state index in [1.807, 2.05) is 42.5 Å². The molecule has 2 amide bonds. The Morgan fingerprint density at radius 1 is 1.12 bits per heavy atom. The average Bonchev–Trinajstić information content (AvgIpc) is 3.61. The molecule has 2 aromatic carbocycles. The molecule has 2 aromatic rings. The molecular formula is C32H38N2O5S. The van der Waals surface area contributed by atoms with Crippen LogP contribution in [0.3, 0.4) is 0 Å². The van der Waals surface area contributed by atoms with Crippen LogP contribution in [0.4, 0.5) is 5.69 Å². The van der Waals surface area contributed by atoms with Gasteiger partial charge in [-0.1, -0.05) is 42.5 Å². The molecule has 0 aromatic heterocycles. The molecule has 3 aliphatic heterocycles. The number of aliphatic hydroxyl groups excluding tert-OH is 1. The van der Waals surface area contributed by atoms with Crippen LogP contribution in [0.2, 0.25) is 0 Å². The van der Waals surface area contributed by atoms with Crippen LogP contribution < -0.4 is 4.90 Å². The number of fused-ring (bicyclic) bond motifs is 2. The summed E-state index contributed by atoms with van der Waals surface area (Å²) in [5.74, 6) is -1.77. The second-order valence-electron chi connectivity index (χ2n) is 10.9. The summed E-state index contributed by atoms with van der Waals surface area (Å²) in [4.78, 5) is 45.5. The Balaban J connectivity index is 1.49. The van der Waals surface area contributed by atoms with Crippen molar-refractivity contribution >= 4 is 46.0 Å². The molecule has 3 saturated heterocycles. The smallest absolute Gasteiger partial charge is 0.310 e. The number of thioether (sulfide) groups is 1. The molecule has 5 atom stereocenters. The van der Waals surface area contributed by atoms with E-state index in [0.29, 0.717) is 45.4 Å². The molecule has 2 unspecified atom stereocenters. The summed E-state index contributed by atoms with van der Waals surface area (Å²) in [5.41, 5.74) is 0.752. The molecule has 1 spiro atoms. The molecule has 2 bridgehead atoms. The molecule has 3 aliphatic rings. The number of ether oxygens (including phenoxy) is 1. The quantitative estimate of drug-likeness (QED) is 0.216. The third-order valence-electron chi connectivity index (χ3n) is 8.53. The van der Waals surface area contributed by atoms with Crippen molar-refractivity contribution in [2.24, 2.45) is 11.8 Å². The van der Waals surface area contributed by atoms with Crippen molar-refractivity contribution in [1.29, 1.82) is 0 Å². The summed E-state index contributed by atoms with van der Waals surface area (Å²) >= 11 is 1.64. The molecular weight excluding hydrogens is 524 g/mol. The highest BCUT2D eigenvalue weighted by atomic mass is 32.2. The predicted octanol–water partition coefficient (Wildman–Crippen LogP) is 4.73. The van der Waals surface area contributed by atoms with Crippen LogP contribution in [0, 0.1) is 11.8 Å². The van der Waals surface area contributed by atoms with Gasteiger partial charge in [-0.25, -0.2) is 0 Å². The number of aliphatic hydroxyl groups is 1. The molecule has 40 heavy (non-hydrogen) atoms. The number of nitrogens with zero attached hydrogens (tertiary/aromatic N) is 2. The summed E-state index contributed by atoms with van der Waals surface area (Å²) in [6.07, 6.45) is 7.54. The van der Waals surface area contributed by atoms with Gasteiger partial charge < -0.3 is 19.6 Å². The lowest BCUT2D eigenvalue weighted by Gasteiger charge is -2.37. The van der Waals surface area contributed by atoms with Crippen molar-refractivity contribution in [2.75, 3.05) is 31.2 Å². The Bertz CT molecular complexity index is 1300. The molecule has 8 heteroatoms. The van der Waals surface area contributed by atoms with Crippen LogP contribution in [-0.2, 0) is 19.1 Å². The zero-order chi connectivity index (χ0) is 28.3. The summed E-state index contributed by atoms with van der Waals surface area (Å²) in [6, 6.07) is 13.2. The van der Waals surface area contributed by atoms with E-state index in [9.17, 15) is 19.5 Å². The standard InChI is InChI=1S/C32H38N2O5S/c1-3-5-10-20-39-31(38)26-25-15-16-32(40-25)27(26)29(36)34(18-8-9-19-35)28(32)30(37)33(17-4-2)24-14-13-22-11-6-7-12-23(22)21-24/h3-4,6-7,11-14,21,25-28,35H,1-2,5,8-10,15-20H2/t25-,26+,27-,28?,32?/m0/s1. The monoisotopic (exact) mass is 562 g/mol. The maximum atomic E-state index is 14.6. The maximum Gasteiger partial charge on any atom is 0.310 e. The number of rotatable bonds is 13. The molecule has 3 heterocycles. The lowest BCUT2D eigenvalue weighted by Crippen LogP contribution is -2.55. The molecule has 5 rings (SSSR count). The van der Waals surface area contributed by atoms with Gasteiger partial charge in [0.05, 0.1) is 23.2 Å². The molecule has 1 N–H and O–H groups in total. The number of likely N-dealkylation sites (tertiary alicyclic amines) is 1. The molecule has 0 aliphatic carbocycles. The molecule has 0 saturated carbocycles.